The van der Waals surface area contributed by atoms with Crippen LogP contribution in [0.25, 0.3) is 0 Å². The maximum atomic E-state index is 13.6. The molecule has 18 heavy (non-hydrogen) atoms. The van der Waals surface area contributed by atoms with Crippen molar-refractivity contribution in [1.29, 1.82) is 0 Å². The summed E-state index contributed by atoms with van der Waals surface area (Å²) in [7, 11) is 0. The molecule has 0 bridgehead atoms. The number of halogens is 3. The highest BCUT2D eigenvalue weighted by Crippen LogP contribution is 2.15. The Labute approximate surface area is 120 Å². The summed E-state index contributed by atoms with van der Waals surface area (Å²) in [5.41, 5.74) is 0.0223. The Kier molecular flexibility index (Phi) is 6.09. The van der Waals surface area contributed by atoms with E-state index in [2.05, 4.69) is 35.1 Å². The van der Waals surface area contributed by atoms with Gasteiger partial charge in [-0.1, -0.05) is 41.4 Å². The van der Waals surface area contributed by atoms with Gasteiger partial charge in [-0.2, -0.15) is 0 Å². The van der Waals surface area contributed by atoms with Crippen LogP contribution in [0, 0.1) is 11.7 Å². The Bertz CT molecular complexity index is 425. The lowest BCUT2D eigenvalue weighted by molar-refractivity contribution is 0.0933. The van der Waals surface area contributed by atoms with Crippen LogP contribution in [0.5, 0.6) is 0 Å². The van der Waals surface area contributed by atoms with E-state index < -0.39 is 11.7 Å². The summed E-state index contributed by atoms with van der Waals surface area (Å²) < 4.78 is 13.6. The van der Waals surface area contributed by atoms with Crippen molar-refractivity contribution < 1.29 is 9.18 Å². The third kappa shape index (κ3) is 4.58. The first-order valence-electron chi connectivity index (χ1n) is 5.76. The Morgan fingerprint density at radius 2 is 2.17 bits per heavy atom. The van der Waals surface area contributed by atoms with Gasteiger partial charge in [0.05, 0.1) is 5.56 Å². The predicted octanol–water partition coefficient (Wildman–Crippen LogP) is 4.02. The molecule has 1 unspecified atom stereocenters. The molecule has 0 aliphatic rings. The van der Waals surface area contributed by atoms with Gasteiger partial charge in [-0.3, -0.25) is 4.79 Å². The number of nitrogens with one attached hydrogen (secondary N) is 1. The van der Waals surface area contributed by atoms with Gasteiger partial charge in [0.1, 0.15) is 5.82 Å². The summed E-state index contributed by atoms with van der Waals surface area (Å²) in [6.45, 7) is 4.15. The fraction of sp³-hybridized carbons (Fsp3) is 0.462. The second-order valence-corrected chi connectivity index (χ2v) is 5.66. The Morgan fingerprint density at radius 1 is 1.50 bits per heavy atom. The quantitative estimate of drug-likeness (QED) is 0.809. The zero-order chi connectivity index (χ0) is 13.7. The number of rotatable bonds is 5. The van der Waals surface area contributed by atoms with Crippen LogP contribution in [-0.2, 0) is 0 Å². The molecule has 0 fully saturated rings. The molecule has 0 aliphatic carbocycles. The van der Waals surface area contributed by atoms with Crippen LogP contribution < -0.4 is 5.32 Å². The second-order valence-electron chi connectivity index (χ2n) is 4.58. The van der Waals surface area contributed by atoms with E-state index in [1.54, 1.807) is 0 Å². The number of hydrogen-bond donors (Lipinski definition) is 1. The van der Waals surface area contributed by atoms with E-state index in [9.17, 15) is 9.18 Å². The molecule has 1 N–H and O–H groups in total. The average molecular weight is 337 g/mol. The first-order chi connectivity index (χ1) is 8.43. The van der Waals surface area contributed by atoms with Crippen LogP contribution in [0.3, 0.4) is 0 Å². The van der Waals surface area contributed by atoms with Crippen LogP contribution in [0.1, 0.15) is 30.6 Å². The highest BCUT2D eigenvalue weighted by atomic mass is 79.9. The van der Waals surface area contributed by atoms with Gasteiger partial charge < -0.3 is 5.32 Å². The molecule has 1 aromatic rings. The lowest BCUT2D eigenvalue weighted by Gasteiger charge is -2.18. The van der Waals surface area contributed by atoms with Crippen molar-refractivity contribution in [2.24, 2.45) is 5.92 Å². The number of carbonyl (C=O) groups is 1. The van der Waals surface area contributed by atoms with Crippen LogP contribution >= 0.6 is 27.5 Å². The maximum Gasteiger partial charge on any atom is 0.254 e. The highest BCUT2D eigenvalue weighted by Gasteiger charge is 2.17. The third-order valence-electron chi connectivity index (χ3n) is 2.45. The Hall–Kier alpha value is -0.610. The van der Waals surface area contributed by atoms with Crippen LogP contribution in [0.15, 0.2) is 18.2 Å². The molecule has 0 aliphatic heterocycles. The highest BCUT2D eigenvalue weighted by molar-refractivity contribution is 9.09. The zero-order valence-corrected chi connectivity index (χ0v) is 12.7. The number of alkyl halides is 1. The third-order valence-corrected chi connectivity index (χ3v) is 3.47. The molecule has 0 saturated heterocycles. The summed E-state index contributed by atoms with van der Waals surface area (Å²) in [6, 6.07) is 4.04. The van der Waals surface area contributed by atoms with Crippen molar-refractivity contribution in [2.75, 3.05) is 5.33 Å². The van der Waals surface area contributed by atoms with Crippen LogP contribution in [0.2, 0.25) is 5.02 Å². The lowest BCUT2D eigenvalue weighted by Crippen LogP contribution is -2.37. The van der Waals surface area contributed by atoms with Gasteiger partial charge in [-0.05, 0) is 30.5 Å². The summed E-state index contributed by atoms with van der Waals surface area (Å²) in [5, 5.41) is 3.73. The van der Waals surface area contributed by atoms with Crippen LogP contribution in [-0.4, -0.2) is 17.3 Å². The minimum atomic E-state index is -0.599. The van der Waals surface area contributed by atoms with Gasteiger partial charge in [-0.25, -0.2) is 4.39 Å². The number of benzene rings is 1. The molecule has 0 saturated carbocycles. The molecule has 1 atom stereocenters. The van der Waals surface area contributed by atoms with Crippen LogP contribution in [0.4, 0.5) is 4.39 Å². The number of hydrogen-bond acceptors (Lipinski definition) is 1. The Balaban J connectivity index is 2.74. The average Bonchev–Trinajstić information content (AvgIpc) is 2.27. The van der Waals surface area contributed by atoms with Gasteiger partial charge >= 0.3 is 0 Å². The summed E-state index contributed by atoms with van der Waals surface area (Å²) >= 11 is 8.99. The minimum absolute atomic E-state index is 0.00687. The molecule has 0 aromatic heterocycles. The predicted molar refractivity (Wildman–Crippen MR) is 75.9 cm³/mol. The molecular formula is C13H16BrClFNO. The maximum absolute atomic E-state index is 13.6. The molecule has 100 valence electrons. The van der Waals surface area contributed by atoms with Crippen molar-refractivity contribution >= 4 is 33.4 Å². The zero-order valence-electron chi connectivity index (χ0n) is 10.3. The van der Waals surface area contributed by atoms with Gasteiger partial charge in [0.15, 0.2) is 0 Å². The lowest BCUT2D eigenvalue weighted by atomic mass is 10.0. The van der Waals surface area contributed by atoms with Gasteiger partial charge in [-0.15, -0.1) is 0 Å². The van der Waals surface area contributed by atoms with Crippen molar-refractivity contribution in [3.8, 4) is 0 Å². The van der Waals surface area contributed by atoms with Gasteiger partial charge in [0.25, 0.3) is 5.91 Å². The van der Waals surface area contributed by atoms with Gasteiger partial charge in [0.2, 0.25) is 0 Å². The van der Waals surface area contributed by atoms with Crippen molar-refractivity contribution in [3.05, 3.63) is 34.6 Å². The monoisotopic (exact) mass is 335 g/mol. The molecule has 0 heterocycles. The minimum Gasteiger partial charge on any atom is -0.348 e. The van der Waals surface area contributed by atoms with E-state index in [1.165, 1.54) is 12.1 Å². The van der Waals surface area contributed by atoms with E-state index in [1.807, 2.05) is 0 Å². The fourth-order valence-corrected chi connectivity index (χ4v) is 2.25. The standard InChI is InChI=1S/C13H16BrClFNO/c1-8(2)5-10(7-14)17-13(18)11-4-3-9(15)6-12(11)16/h3-4,6,8,10H,5,7H2,1-2H3,(H,17,18). The number of amides is 1. The van der Waals surface area contributed by atoms with E-state index >= 15 is 0 Å². The van der Waals surface area contributed by atoms with E-state index in [-0.39, 0.29) is 16.6 Å². The molecule has 0 radical (unpaired) electrons. The van der Waals surface area contributed by atoms with E-state index in [0.717, 1.165) is 12.5 Å². The fourth-order valence-electron chi connectivity index (χ4n) is 1.67. The molecule has 2 nitrogen and oxygen atoms in total. The SMILES string of the molecule is CC(C)CC(CBr)NC(=O)c1ccc(Cl)cc1F. The molecule has 5 heteroatoms. The second kappa shape index (κ2) is 7.10. The topological polar surface area (TPSA) is 29.1 Å². The molecule has 0 spiro atoms. The molecule has 1 amide bonds. The molecule has 1 rings (SSSR count). The van der Waals surface area contributed by atoms with Crippen molar-refractivity contribution in [3.63, 3.8) is 0 Å². The number of carbonyl (C=O) groups excluding carboxylic acids is 1. The summed E-state index contributed by atoms with van der Waals surface area (Å²) in [4.78, 5) is 11.9. The smallest absolute Gasteiger partial charge is 0.254 e. The molecule has 1 aromatic carbocycles. The van der Waals surface area contributed by atoms with Crippen molar-refractivity contribution in [2.45, 2.75) is 26.3 Å². The van der Waals surface area contributed by atoms with E-state index in [4.69, 9.17) is 11.6 Å². The van der Waals surface area contributed by atoms with Crippen molar-refractivity contribution in [1.82, 2.24) is 5.32 Å². The van der Waals surface area contributed by atoms with E-state index in [0.29, 0.717) is 11.2 Å². The summed E-state index contributed by atoms with van der Waals surface area (Å²) in [5.74, 6) is -0.546. The molecular weight excluding hydrogens is 321 g/mol. The summed E-state index contributed by atoms with van der Waals surface area (Å²) in [6.07, 6.45) is 0.839. The largest absolute Gasteiger partial charge is 0.348 e. The first-order valence-corrected chi connectivity index (χ1v) is 7.25. The Morgan fingerprint density at radius 3 is 2.67 bits per heavy atom. The normalized spacial score (nSPS) is 12.6. The first kappa shape index (κ1) is 15.4. The van der Waals surface area contributed by atoms with Gasteiger partial charge in [0, 0.05) is 16.4 Å².